The summed E-state index contributed by atoms with van der Waals surface area (Å²) in [5, 5.41) is 20.8. The molecule has 3 heteroatoms. The molecule has 0 bridgehead atoms. The van der Waals surface area contributed by atoms with Gasteiger partial charge in [0.15, 0.2) is 0 Å². The number of nitrogens with two attached hydrogens (primary N) is 1. The summed E-state index contributed by atoms with van der Waals surface area (Å²) in [5.74, 6) is 0.226. The lowest BCUT2D eigenvalue weighted by molar-refractivity contribution is -0.669. The molecule has 2 atom stereocenters. The summed E-state index contributed by atoms with van der Waals surface area (Å²) < 4.78 is 0. The Hall–Kier alpha value is -1.06. The summed E-state index contributed by atoms with van der Waals surface area (Å²) >= 11 is 0. The van der Waals surface area contributed by atoms with Crippen LogP contribution in [0.4, 0.5) is 0 Å². The van der Waals surface area contributed by atoms with Crippen molar-refractivity contribution in [1.29, 1.82) is 0 Å². The molecule has 0 fully saturated rings. The Morgan fingerprint density at radius 3 is 2.23 bits per heavy atom. The van der Waals surface area contributed by atoms with E-state index in [9.17, 15) is 5.11 Å². The topological polar surface area (TPSA) is 57.1 Å². The lowest BCUT2D eigenvalue weighted by atomic mass is 10.0. The van der Waals surface area contributed by atoms with Crippen molar-refractivity contribution in [2.45, 2.75) is 19.1 Å². The fourth-order valence-electron chi connectivity index (χ4n) is 1.16. The van der Waals surface area contributed by atoms with Gasteiger partial charge in [-0.2, -0.15) is 0 Å². The zero-order chi connectivity index (χ0) is 9.84. The number of phenols is 1. The van der Waals surface area contributed by atoms with E-state index in [1.54, 1.807) is 24.3 Å². The van der Waals surface area contributed by atoms with Gasteiger partial charge in [0.05, 0.1) is 7.05 Å². The Morgan fingerprint density at radius 1 is 1.23 bits per heavy atom. The van der Waals surface area contributed by atoms with Crippen LogP contribution >= 0.6 is 0 Å². The number of rotatable bonds is 3. The number of phenolic OH excluding ortho intramolecular Hbond substituents is 1. The molecule has 0 aromatic heterocycles. The van der Waals surface area contributed by atoms with Crippen LogP contribution in [0, 0.1) is 0 Å². The molecule has 0 spiro atoms. The second-order valence-corrected chi connectivity index (χ2v) is 3.23. The lowest BCUT2D eigenvalue weighted by Crippen LogP contribution is -2.86. The van der Waals surface area contributed by atoms with Gasteiger partial charge in [-0.05, 0) is 24.6 Å². The van der Waals surface area contributed by atoms with Gasteiger partial charge in [-0.3, -0.25) is 0 Å². The van der Waals surface area contributed by atoms with Crippen LogP contribution in [0.25, 0.3) is 0 Å². The Bertz CT molecular complexity index is 258. The second-order valence-electron chi connectivity index (χ2n) is 3.23. The number of quaternary nitrogens is 1. The summed E-state index contributed by atoms with van der Waals surface area (Å²) in [5.41, 5.74) is 0.836. The van der Waals surface area contributed by atoms with Gasteiger partial charge >= 0.3 is 0 Å². The number of benzene rings is 1. The van der Waals surface area contributed by atoms with Gasteiger partial charge in [-0.15, -0.1) is 0 Å². The van der Waals surface area contributed by atoms with Gasteiger partial charge in [-0.25, -0.2) is 0 Å². The molecule has 1 aromatic carbocycles. The Kier molecular flexibility index (Phi) is 3.28. The minimum absolute atomic E-state index is 0.129. The van der Waals surface area contributed by atoms with Gasteiger partial charge < -0.3 is 15.5 Å². The zero-order valence-electron chi connectivity index (χ0n) is 7.94. The molecule has 0 amide bonds. The van der Waals surface area contributed by atoms with Crippen LogP contribution in [0.2, 0.25) is 0 Å². The average Bonchev–Trinajstić information content (AvgIpc) is 2.17. The summed E-state index contributed by atoms with van der Waals surface area (Å²) in [6.45, 7) is 1.96. The first-order valence-electron chi connectivity index (χ1n) is 4.41. The van der Waals surface area contributed by atoms with Crippen LogP contribution in [0.15, 0.2) is 24.3 Å². The van der Waals surface area contributed by atoms with Gasteiger partial charge in [0, 0.05) is 0 Å². The third kappa shape index (κ3) is 2.44. The fourth-order valence-corrected chi connectivity index (χ4v) is 1.16. The molecule has 1 rings (SSSR count). The first-order valence-corrected chi connectivity index (χ1v) is 4.41. The molecule has 0 unspecified atom stereocenters. The number of aliphatic hydroxyl groups is 1. The van der Waals surface area contributed by atoms with E-state index >= 15 is 0 Å². The van der Waals surface area contributed by atoms with Crippen molar-refractivity contribution >= 4 is 0 Å². The van der Waals surface area contributed by atoms with Gasteiger partial charge in [-0.1, -0.05) is 12.1 Å². The van der Waals surface area contributed by atoms with Crippen molar-refractivity contribution in [1.82, 2.24) is 0 Å². The number of aromatic hydroxyl groups is 1. The molecule has 3 nitrogen and oxygen atoms in total. The average molecular weight is 182 g/mol. The summed E-state index contributed by atoms with van der Waals surface area (Å²) in [6.07, 6.45) is -0.481. The van der Waals surface area contributed by atoms with Gasteiger partial charge in [0.1, 0.15) is 17.9 Å². The van der Waals surface area contributed by atoms with Gasteiger partial charge in [0.2, 0.25) is 0 Å². The molecule has 0 radical (unpaired) electrons. The smallest absolute Gasteiger partial charge is 0.130 e. The monoisotopic (exact) mass is 182 g/mol. The van der Waals surface area contributed by atoms with Crippen LogP contribution in [-0.2, 0) is 0 Å². The van der Waals surface area contributed by atoms with E-state index in [1.165, 1.54) is 0 Å². The van der Waals surface area contributed by atoms with Crippen molar-refractivity contribution in [2.24, 2.45) is 0 Å². The van der Waals surface area contributed by atoms with Crippen LogP contribution in [0.3, 0.4) is 0 Å². The van der Waals surface area contributed by atoms with E-state index in [4.69, 9.17) is 5.11 Å². The quantitative estimate of drug-likeness (QED) is 0.616. The van der Waals surface area contributed by atoms with Crippen molar-refractivity contribution in [3.05, 3.63) is 29.8 Å². The molecular formula is C10H16NO2+. The maximum Gasteiger partial charge on any atom is 0.130 e. The summed E-state index contributed by atoms with van der Waals surface area (Å²) in [7, 11) is 1.92. The molecule has 0 aliphatic heterocycles. The van der Waals surface area contributed by atoms with Gasteiger partial charge in [0.25, 0.3) is 0 Å². The van der Waals surface area contributed by atoms with E-state index in [0.717, 1.165) is 5.56 Å². The first-order chi connectivity index (χ1) is 6.15. The number of likely N-dealkylation sites (N-methyl/N-ethyl adjacent to an activating group) is 1. The largest absolute Gasteiger partial charge is 0.508 e. The van der Waals surface area contributed by atoms with E-state index in [-0.39, 0.29) is 11.8 Å². The van der Waals surface area contributed by atoms with Crippen molar-refractivity contribution < 1.29 is 15.5 Å². The minimum Gasteiger partial charge on any atom is -0.508 e. The summed E-state index contributed by atoms with van der Waals surface area (Å²) in [6, 6.07) is 6.77. The third-order valence-electron chi connectivity index (χ3n) is 2.26. The highest BCUT2D eigenvalue weighted by atomic mass is 16.3. The Balaban J connectivity index is 2.77. The maximum atomic E-state index is 9.77. The zero-order valence-corrected chi connectivity index (χ0v) is 7.94. The molecule has 0 aliphatic carbocycles. The molecule has 0 saturated heterocycles. The molecule has 0 saturated carbocycles. The predicted molar refractivity (Wildman–Crippen MR) is 50.4 cm³/mol. The molecule has 4 N–H and O–H groups in total. The van der Waals surface area contributed by atoms with Crippen molar-refractivity contribution in [3.8, 4) is 5.75 Å². The highest BCUT2D eigenvalue weighted by Crippen LogP contribution is 2.17. The van der Waals surface area contributed by atoms with Crippen molar-refractivity contribution in [2.75, 3.05) is 7.05 Å². The molecule has 72 valence electrons. The highest BCUT2D eigenvalue weighted by Gasteiger charge is 2.16. The summed E-state index contributed by atoms with van der Waals surface area (Å²) in [4.78, 5) is 0. The standard InChI is InChI=1S/C10H15NO2/c1-7(11-2)10(13)8-3-5-9(12)6-4-8/h3-7,10-13H,1-2H3/p+1/t7-,10+/m0/s1. The first kappa shape index (κ1) is 10.0. The van der Waals surface area contributed by atoms with Crippen molar-refractivity contribution in [3.63, 3.8) is 0 Å². The third-order valence-corrected chi connectivity index (χ3v) is 2.26. The molecule has 0 aliphatic rings. The SMILES string of the molecule is C[NH2+][C@@H](C)[C@@H](O)c1ccc(O)cc1. The lowest BCUT2D eigenvalue weighted by Gasteiger charge is -2.15. The van der Waals surface area contributed by atoms with E-state index in [0.29, 0.717) is 0 Å². The Morgan fingerprint density at radius 2 is 1.77 bits per heavy atom. The Labute approximate surface area is 78.0 Å². The van der Waals surface area contributed by atoms with Crippen LogP contribution in [0.1, 0.15) is 18.6 Å². The minimum atomic E-state index is -0.481. The fraction of sp³-hybridized carbons (Fsp3) is 0.400. The highest BCUT2D eigenvalue weighted by molar-refractivity contribution is 5.27. The van der Waals surface area contributed by atoms with E-state index < -0.39 is 6.10 Å². The molecule has 13 heavy (non-hydrogen) atoms. The number of aliphatic hydroxyl groups excluding tert-OH is 1. The number of hydrogen-bond acceptors (Lipinski definition) is 2. The predicted octanol–water partition coefficient (Wildman–Crippen LogP) is 0.00730. The van der Waals surface area contributed by atoms with E-state index in [2.05, 4.69) is 0 Å². The number of hydrogen-bond donors (Lipinski definition) is 3. The maximum absolute atomic E-state index is 9.77. The molecule has 1 aromatic rings. The second kappa shape index (κ2) is 4.25. The van der Waals surface area contributed by atoms with Crippen LogP contribution in [0.5, 0.6) is 5.75 Å². The van der Waals surface area contributed by atoms with E-state index in [1.807, 2.05) is 19.3 Å². The molecule has 0 heterocycles. The molecular weight excluding hydrogens is 166 g/mol. The van der Waals surface area contributed by atoms with Crippen LogP contribution < -0.4 is 5.32 Å². The normalized spacial score (nSPS) is 15.3. The van der Waals surface area contributed by atoms with Crippen LogP contribution in [-0.4, -0.2) is 23.3 Å².